The van der Waals surface area contributed by atoms with Gasteiger partial charge in [-0.2, -0.15) is 0 Å². The summed E-state index contributed by atoms with van der Waals surface area (Å²) in [7, 11) is 0. The highest BCUT2D eigenvalue weighted by molar-refractivity contribution is 7.22. The largest absolute Gasteiger partial charge is 0.361 e. The molecule has 0 aliphatic heterocycles. The fourth-order valence-electron chi connectivity index (χ4n) is 3.39. The number of hydrogen-bond donors (Lipinski definition) is 2. The van der Waals surface area contributed by atoms with Crippen LogP contribution in [0.3, 0.4) is 0 Å². The second kappa shape index (κ2) is 7.83. The summed E-state index contributed by atoms with van der Waals surface area (Å²) in [5.41, 5.74) is 0.708. The average molecular weight is 384 g/mol. The van der Waals surface area contributed by atoms with E-state index in [2.05, 4.69) is 25.6 Å². The van der Waals surface area contributed by atoms with E-state index in [4.69, 9.17) is 0 Å². The SMILES string of the molecule is O=[N+]([O-])c1c(Nc2nc3ccccc3s2)ncnc1NC1CCCCCC1. The molecule has 2 N–H and O–H groups in total. The Kier molecular flexibility index (Phi) is 5.10. The summed E-state index contributed by atoms with van der Waals surface area (Å²) in [5, 5.41) is 18.6. The Morgan fingerprint density at radius 1 is 1.07 bits per heavy atom. The van der Waals surface area contributed by atoms with Gasteiger partial charge in [0, 0.05) is 6.04 Å². The zero-order valence-corrected chi connectivity index (χ0v) is 15.5. The number of rotatable bonds is 5. The molecule has 2 heterocycles. The Balaban J connectivity index is 1.62. The van der Waals surface area contributed by atoms with Crippen LogP contribution in [-0.4, -0.2) is 25.9 Å². The Labute approximate surface area is 160 Å². The van der Waals surface area contributed by atoms with Crippen molar-refractivity contribution >= 4 is 44.0 Å². The number of para-hydroxylation sites is 1. The second-order valence-electron chi connectivity index (χ2n) is 6.62. The van der Waals surface area contributed by atoms with E-state index in [1.54, 1.807) is 0 Å². The smallest absolute Gasteiger partial charge is 0.353 e. The maximum absolute atomic E-state index is 11.7. The summed E-state index contributed by atoms with van der Waals surface area (Å²) in [6, 6.07) is 7.92. The van der Waals surface area contributed by atoms with E-state index in [0.717, 1.165) is 35.9 Å². The van der Waals surface area contributed by atoms with E-state index in [0.29, 0.717) is 5.13 Å². The molecule has 0 spiro atoms. The van der Waals surface area contributed by atoms with Crippen LogP contribution in [0.2, 0.25) is 0 Å². The number of nitrogens with one attached hydrogen (secondary N) is 2. The van der Waals surface area contributed by atoms with E-state index in [1.165, 1.54) is 30.5 Å². The van der Waals surface area contributed by atoms with Gasteiger partial charge in [-0.3, -0.25) is 10.1 Å². The molecule has 8 nitrogen and oxygen atoms in total. The third kappa shape index (κ3) is 3.97. The van der Waals surface area contributed by atoms with Crippen molar-refractivity contribution in [3.8, 4) is 0 Å². The molecule has 2 aromatic heterocycles. The first-order valence-electron chi connectivity index (χ1n) is 9.09. The van der Waals surface area contributed by atoms with Crippen LogP contribution in [0, 0.1) is 10.1 Å². The molecule has 0 bridgehead atoms. The van der Waals surface area contributed by atoms with Crippen molar-refractivity contribution in [3.05, 3.63) is 40.7 Å². The minimum atomic E-state index is -0.436. The maximum Gasteiger partial charge on any atom is 0.353 e. The van der Waals surface area contributed by atoms with Crippen LogP contribution >= 0.6 is 11.3 Å². The minimum Gasteiger partial charge on any atom is -0.361 e. The molecule has 9 heteroatoms. The summed E-state index contributed by atoms with van der Waals surface area (Å²) >= 11 is 1.43. The molecular formula is C18H20N6O2S. The molecule has 0 amide bonds. The van der Waals surface area contributed by atoms with Gasteiger partial charge in [0.05, 0.1) is 15.1 Å². The number of nitrogens with zero attached hydrogens (tertiary/aromatic N) is 4. The molecule has 1 aliphatic rings. The molecule has 4 rings (SSSR count). The van der Waals surface area contributed by atoms with Crippen molar-refractivity contribution < 1.29 is 4.92 Å². The van der Waals surface area contributed by atoms with Crippen LogP contribution in [0.5, 0.6) is 0 Å². The van der Waals surface area contributed by atoms with E-state index in [-0.39, 0.29) is 23.4 Å². The van der Waals surface area contributed by atoms with Crippen LogP contribution in [0.1, 0.15) is 38.5 Å². The Morgan fingerprint density at radius 3 is 2.56 bits per heavy atom. The maximum atomic E-state index is 11.7. The van der Waals surface area contributed by atoms with Crippen LogP contribution in [0.15, 0.2) is 30.6 Å². The van der Waals surface area contributed by atoms with Crippen molar-refractivity contribution in [2.24, 2.45) is 0 Å². The van der Waals surface area contributed by atoms with Gasteiger partial charge >= 0.3 is 5.69 Å². The highest BCUT2D eigenvalue weighted by Gasteiger charge is 2.26. The van der Waals surface area contributed by atoms with Gasteiger partial charge in [-0.25, -0.2) is 15.0 Å². The lowest BCUT2D eigenvalue weighted by Gasteiger charge is -2.17. The van der Waals surface area contributed by atoms with Gasteiger partial charge in [-0.15, -0.1) is 0 Å². The average Bonchev–Trinajstić information content (AvgIpc) is 2.88. The molecule has 0 radical (unpaired) electrons. The van der Waals surface area contributed by atoms with Crippen molar-refractivity contribution in [1.29, 1.82) is 0 Å². The molecule has 1 aliphatic carbocycles. The number of nitro groups is 1. The Hall–Kier alpha value is -2.81. The first kappa shape index (κ1) is 17.6. The van der Waals surface area contributed by atoms with E-state index in [9.17, 15) is 10.1 Å². The molecule has 0 saturated heterocycles. The number of fused-ring (bicyclic) bond motifs is 1. The molecule has 1 fully saturated rings. The topological polar surface area (TPSA) is 106 Å². The predicted octanol–water partition coefficient (Wildman–Crippen LogP) is 4.87. The molecule has 0 atom stereocenters. The summed E-state index contributed by atoms with van der Waals surface area (Å²) in [4.78, 5) is 24.0. The quantitative estimate of drug-likeness (QED) is 0.367. The highest BCUT2D eigenvalue weighted by Crippen LogP contribution is 2.35. The zero-order valence-electron chi connectivity index (χ0n) is 14.7. The van der Waals surface area contributed by atoms with Crippen LogP contribution in [-0.2, 0) is 0 Å². The number of hydrogen-bond acceptors (Lipinski definition) is 8. The zero-order chi connectivity index (χ0) is 18.6. The summed E-state index contributed by atoms with van der Waals surface area (Å²) in [6.07, 6.45) is 8.05. The fraction of sp³-hybridized carbons (Fsp3) is 0.389. The fourth-order valence-corrected chi connectivity index (χ4v) is 4.26. The van der Waals surface area contributed by atoms with Gasteiger partial charge < -0.3 is 10.6 Å². The molecule has 0 unspecified atom stereocenters. The normalized spacial score (nSPS) is 15.4. The predicted molar refractivity (Wildman–Crippen MR) is 107 cm³/mol. The number of thiazole rings is 1. The van der Waals surface area contributed by atoms with Gasteiger partial charge in [0.2, 0.25) is 11.6 Å². The lowest BCUT2D eigenvalue weighted by atomic mass is 10.1. The van der Waals surface area contributed by atoms with E-state index < -0.39 is 4.92 Å². The highest BCUT2D eigenvalue weighted by atomic mass is 32.1. The van der Waals surface area contributed by atoms with Crippen molar-refractivity contribution in [1.82, 2.24) is 15.0 Å². The minimum absolute atomic E-state index is 0.138. The molecule has 140 valence electrons. The molecule has 27 heavy (non-hydrogen) atoms. The second-order valence-corrected chi connectivity index (χ2v) is 7.65. The third-order valence-electron chi connectivity index (χ3n) is 4.72. The number of anilines is 3. The molecule has 1 aromatic carbocycles. The van der Waals surface area contributed by atoms with Gasteiger partial charge in [-0.05, 0) is 25.0 Å². The third-order valence-corrected chi connectivity index (χ3v) is 5.67. The van der Waals surface area contributed by atoms with Gasteiger partial charge in [0.15, 0.2) is 5.13 Å². The summed E-state index contributed by atoms with van der Waals surface area (Å²) in [5.74, 6) is 0.427. The monoisotopic (exact) mass is 384 g/mol. The van der Waals surface area contributed by atoms with Gasteiger partial charge in [0.25, 0.3) is 0 Å². The summed E-state index contributed by atoms with van der Waals surface area (Å²) < 4.78 is 1.01. The van der Waals surface area contributed by atoms with Crippen molar-refractivity contribution in [3.63, 3.8) is 0 Å². The van der Waals surface area contributed by atoms with Crippen LogP contribution < -0.4 is 10.6 Å². The lowest BCUT2D eigenvalue weighted by Crippen LogP contribution is -2.20. The number of aromatic nitrogens is 3. The Bertz CT molecular complexity index is 919. The Morgan fingerprint density at radius 2 is 1.81 bits per heavy atom. The first-order valence-corrected chi connectivity index (χ1v) is 9.91. The van der Waals surface area contributed by atoms with E-state index in [1.807, 2.05) is 24.3 Å². The van der Waals surface area contributed by atoms with Gasteiger partial charge in [0.1, 0.15) is 6.33 Å². The van der Waals surface area contributed by atoms with Crippen molar-refractivity contribution in [2.45, 2.75) is 44.6 Å². The molecular weight excluding hydrogens is 364 g/mol. The summed E-state index contributed by atoms with van der Waals surface area (Å²) in [6.45, 7) is 0. The van der Waals surface area contributed by atoms with Crippen LogP contribution in [0.25, 0.3) is 10.2 Å². The first-order chi connectivity index (χ1) is 13.2. The molecule has 1 saturated carbocycles. The van der Waals surface area contributed by atoms with E-state index >= 15 is 0 Å². The number of benzene rings is 1. The van der Waals surface area contributed by atoms with Crippen LogP contribution in [0.4, 0.5) is 22.5 Å². The van der Waals surface area contributed by atoms with Gasteiger partial charge in [-0.1, -0.05) is 49.2 Å². The standard InChI is InChI=1S/C18H20N6O2S/c25-24(26)15-16(21-12-7-3-1-2-4-8-12)19-11-20-17(15)23-18-22-13-9-5-6-10-14(13)27-18/h5-6,9-12H,1-4,7-8H2,(H2,19,20,21,22,23). The van der Waals surface area contributed by atoms with Crippen molar-refractivity contribution in [2.75, 3.05) is 10.6 Å². The lowest BCUT2D eigenvalue weighted by molar-refractivity contribution is -0.383. The molecule has 3 aromatic rings.